The van der Waals surface area contributed by atoms with Crippen LogP contribution in [0.4, 0.5) is 4.79 Å². The van der Waals surface area contributed by atoms with Gasteiger partial charge in [-0.3, -0.25) is 4.79 Å². The smallest absolute Gasteiger partial charge is 0.407 e. The summed E-state index contributed by atoms with van der Waals surface area (Å²) in [6.45, 7) is 4.48. The highest BCUT2D eigenvalue weighted by molar-refractivity contribution is 5.71. The van der Waals surface area contributed by atoms with Crippen molar-refractivity contribution in [3.05, 3.63) is 35.9 Å². The van der Waals surface area contributed by atoms with Crippen molar-refractivity contribution in [1.82, 2.24) is 5.32 Å². The van der Waals surface area contributed by atoms with E-state index >= 15 is 0 Å². The average molecular weight is 305 g/mol. The molecule has 22 heavy (non-hydrogen) atoms. The Bertz CT molecular complexity index is 519. The minimum Gasteiger partial charge on any atom is -0.481 e. The molecule has 0 spiro atoms. The van der Waals surface area contributed by atoms with E-state index in [9.17, 15) is 9.59 Å². The lowest BCUT2D eigenvalue weighted by molar-refractivity contribution is -0.138. The molecule has 0 radical (unpaired) electrons. The van der Waals surface area contributed by atoms with Crippen molar-refractivity contribution >= 4 is 12.1 Å². The predicted molar refractivity (Wildman–Crippen MR) is 82.3 cm³/mol. The summed E-state index contributed by atoms with van der Waals surface area (Å²) in [6, 6.07) is 9.02. The first-order chi connectivity index (χ1) is 10.4. The van der Waals surface area contributed by atoms with E-state index in [1.165, 1.54) is 0 Å². The zero-order valence-electron chi connectivity index (χ0n) is 13.0. The van der Waals surface area contributed by atoms with Gasteiger partial charge in [-0.15, -0.1) is 0 Å². The summed E-state index contributed by atoms with van der Waals surface area (Å²) < 4.78 is 5.17. The highest BCUT2D eigenvalue weighted by Crippen LogP contribution is 2.46. The van der Waals surface area contributed by atoms with E-state index < -0.39 is 12.1 Å². The first kappa shape index (κ1) is 16.3. The zero-order valence-corrected chi connectivity index (χ0v) is 13.0. The first-order valence-corrected chi connectivity index (χ1v) is 7.55. The minimum absolute atomic E-state index is 0.0683. The van der Waals surface area contributed by atoms with E-state index in [4.69, 9.17) is 9.84 Å². The van der Waals surface area contributed by atoms with Crippen LogP contribution in [0.15, 0.2) is 30.3 Å². The zero-order chi connectivity index (χ0) is 16.2. The lowest BCUT2D eigenvalue weighted by Crippen LogP contribution is -2.49. The third-order valence-corrected chi connectivity index (χ3v) is 4.11. The van der Waals surface area contributed by atoms with Gasteiger partial charge < -0.3 is 15.2 Å². The molecule has 1 atom stereocenters. The molecule has 2 N–H and O–H groups in total. The number of ether oxygens (including phenoxy) is 1. The fourth-order valence-electron chi connectivity index (χ4n) is 3.08. The Labute approximate surface area is 130 Å². The minimum atomic E-state index is -0.905. The van der Waals surface area contributed by atoms with Crippen LogP contribution in [0.2, 0.25) is 0 Å². The number of carbonyl (C=O) groups excluding carboxylic acids is 1. The number of nitrogens with one attached hydrogen (secondary N) is 1. The maximum atomic E-state index is 11.9. The Balaban J connectivity index is 1.84. The van der Waals surface area contributed by atoms with Crippen molar-refractivity contribution in [3.63, 3.8) is 0 Å². The van der Waals surface area contributed by atoms with Gasteiger partial charge in [-0.1, -0.05) is 44.2 Å². The number of aliphatic carboxylic acids is 1. The summed E-state index contributed by atoms with van der Waals surface area (Å²) in [4.78, 5) is 22.9. The van der Waals surface area contributed by atoms with E-state index in [1.807, 2.05) is 30.3 Å². The second-order valence-electron chi connectivity index (χ2n) is 6.74. The van der Waals surface area contributed by atoms with E-state index in [0.29, 0.717) is 0 Å². The summed E-state index contributed by atoms with van der Waals surface area (Å²) in [6.07, 6.45) is 1.22. The molecule has 5 heteroatoms. The van der Waals surface area contributed by atoms with E-state index in [0.717, 1.165) is 18.4 Å². The maximum absolute atomic E-state index is 11.9. The molecule has 120 valence electrons. The van der Waals surface area contributed by atoms with Crippen molar-refractivity contribution in [1.29, 1.82) is 0 Å². The van der Waals surface area contributed by atoms with E-state index in [-0.39, 0.29) is 30.4 Å². The van der Waals surface area contributed by atoms with Gasteiger partial charge >= 0.3 is 12.1 Å². The highest BCUT2D eigenvalue weighted by Gasteiger charge is 2.41. The van der Waals surface area contributed by atoms with Crippen molar-refractivity contribution < 1.29 is 19.4 Å². The van der Waals surface area contributed by atoms with Gasteiger partial charge in [-0.05, 0) is 29.7 Å². The standard InChI is InChI=1S/C17H23NO4/c1-17(2)9-13(10-17)14(8-15(19)20)18-16(21)22-11-12-6-4-3-5-7-12/h3-7,13-14H,8-11H2,1-2H3,(H,18,21)(H,19,20)/t14-/m1/s1. The molecule has 0 aliphatic heterocycles. The molecule has 0 heterocycles. The second kappa shape index (κ2) is 6.81. The average Bonchev–Trinajstić information content (AvgIpc) is 2.42. The fraction of sp³-hybridized carbons (Fsp3) is 0.529. The van der Waals surface area contributed by atoms with Crippen LogP contribution in [0.5, 0.6) is 0 Å². The number of carboxylic acids is 1. The van der Waals surface area contributed by atoms with Crippen LogP contribution in [0.1, 0.15) is 38.7 Å². The number of rotatable bonds is 6. The summed E-state index contributed by atoms with van der Waals surface area (Å²) in [5.41, 5.74) is 1.13. The molecule has 1 saturated carbocycles. The molecular weight excluding hydrogens is 282 g/mol. The van der Waals surface area contributed by atoms with Crippen molar-refractivity contribution in [2.24, 2.45) is 11.3 Å². The molecule has 1 amide bonds. The number of alkyl carbamates (subject to hydrolysis) is 1. The number of carboxylic acid groups (broad SMARTS) is 1. The van der Waals surface area contributed by atoms with Gasteiger partial charge in [-0.25, -0.2) is 4.79 Å². The topological polar surface area (TPSA) is 75.6 Å². The molecule has 0 aromatic heterocycles. The lowest BCUT2D eigenvalue weighted by Gasteiger charge is -2.46. The molecule has 1 aliphatic rings. The Morgan fingerprint density at radius 3 is 2.50 bits per heavy atom. The van der Waals surface area contributed by atoms with Gasteiger partial charge in [0.25, 0.3) is 0 Å². The largest absolute Gasteiger partial charge is 0.481 e. The summed E-state index contributed by atoms with van der Waals surface area (Å²) in [7, 11) is 0. The van der Waals surface area contributed by atoms with Crippen LogP contribution in [0, 0.1) is 11.3 Å². The fourth-order valence-corrected chi connectivity index (χ4v) is 3.08. The van der Waals surface area contributed by atoms with Crippen molar-refractivity contribution in [2.75, 3.05) is 0 Å². The Morgan fingerprint density at radius 2 is 1.95 bits per heavy atom. The molecule has 2 rings (SSSR count). The van der Waals surface area contributed by atoms with Gasteiger partial charge in [0, 0.05) is 6.04 Å². The van der Waals surface area contributed by atoms with Crippen LogP contribution >= 0.6 is 0 Å². The molecule has 0 bridgehead atoms. The van der Waals surface area contributed by atoms with Crippen LogP contribution in [-0.4, -0.2) is 23.2 Å². The third kappa shape index (κ3) is 4.76. The van der Waals surface area contributed by atoms with Crippen LogP contribution in [-0.2, 0) is 16.1 Å². The molecule has 1 aromatic rings. The molecule has 1 fully saturated rings. The summed E-state index contributed by atoms with van der Waals surface area (Å²) >= 11 is 0. The SMILES string of the molecule is CC1(C)CC([C@@H](CC(=O)O)NC(=O)OCc2ccccc2)C1. The second-order valence-corrected chi connectivity index (χ2v) is 6.74. The molecule has 1 aromatic carbocycles. The normalized spacial score (nSPS) is 18.1. The summed E-state index contributed by atoms with van der Waals surface area (Å²) in [5, 5.41) is 11.7. The number of hydrogen-bond donors (Lipinski definition) is 2. The van der Waals surface area contributed by atoms with Gasteiger partial charge in [-0.2, -0.15) is 0 Å². The van der Waals surface area contributed by atoms with Gasteiger partial charge in [0.1, 0.15) is 6.61 Å². The van der Waals surface area contributed by atoms with Crippen molar-refractivity contribution in [3.8, 4) is 0 Å². The summed E-state index contributed by atoms with van der Waals surface area (Å²) in [5.74, 6) is -0.701. The number of amides is 1. The molecule has 0 saturated heterocycles. The first-order valence-electron chi connectivity index (χ1n) is 7.55. The molecular formula is C17H23NO4. The highest BCUT2D eigenvalue weighted by atomic mass is 16.5. The van der Waals surface area contributed by atoms with E-state index in [1.54, 1.807) is 0 Å². The van der Waals surface area contributed by atoms with Gasteiger partial charge in [0.05, 0.1) is 6.42 Å². The van der Waals surface area contributed by atoms with Gasteiger partial charge in [0.2, 0.25) is 0 Å². The quantitative estimate of drug-likeness (QED) is 0.846. The molecule has 5 nitrogen and oxygen atoms in total. The van der Waals surface area contributed by atoms with Gasteiger partial charge in [0.15, 0.2) is 0 Å². The third-order valence-electron chi connectivity index (χ3n) is 4.11. The predicted octanol–water partition coefficient (Wildman–Crippen LogP) is 3.19. The monoisotopic (exact) mass is 305 g/mol. The van der Waals surface area contributed by atoms with Crippen LogP contribution < -0.4 is 5.32 Å². The Morgan fingerprint density at radius 1 is 1.32 bits per heavy atom. The van der Waals surface area contributed by atoms with Crippen LogP contribution in [0.25, 0.3) is 0 Å². The van der Waals surface area contributed by atoms with Crippen molar-refractivity contribution in [2.45, 2.75) is 45.8 Å². The Kier molecular flexibility index (Phi) is 5.06. The number of hydrogen-bond acceptors (Lipinski definition) is 3. The lowest BCUT2D eigenvalue weighted by atomic mass is 9.61. The van der Waals surface area contributed by atoms with Crippen LogP contribution in [0.3, 0.4) is 0 Å². The van der Waals surface area contributed by atoms with E-state index in [2.05, 4.69) is 19.2 Å². The Hall–Kier alpha value is -2.04. The maximum Gasteiger partial charge on any atom is 0.407 e. The number of benzene rings is 1. The number of carbonyl (C=O) groups is 2. The molecule has 0 unspecified atom stereocenters. The molecule has 1 aliphatic carbocycles.